The van der Waals surface area contributed by atoms with Crippen LogP contribution >= 0.6 is 0 Å². The van der Waals surface area contributed by atoms with Crippen LogP contribution in [-0.2, 0) is 9.47 Å². The summed E-state index contributed by atoms with van der Waals surface area (Å²) in [6, 6.07) is 38.5. The van der Waals surface area contributed by atoms with E-state index in [0.717, 1.165) is 55.3 Å². The number of aromatic nitrogens is 1. The van der Waals surface area contributed by atoms with Crippen molar-refractivity contribution in [3.63, 3.8) is 0 Å². The third-order valence-corrected chi connectivity index (χ3v) is 9.02. The Labute approximate surface area is 238 Å². The lowest BCUT2D eigenvalue weighted by Crippen LogP contribution is -2.41. The van der Waals surface area contributed by atoms with Gasteiger partial charge in [0.05, 0.1) is 22.2 Å². The van der Waals surface area contributed by atoms with Crippen LogP contribution in [0.15, 0.2) is 114 Å². The molecule has 8 rings (SSSR count). The Morgan fingerprint density at radius 3 is 1.85 bits per heavy atom. The van der Waals surface area contributed by atoms with Crippen molar-refractivity contribution < 1.29 is 13.9 Å². The molecule has 0 amide bonds. The second-order valence-electron chi connectivity index (χ2n) is 12.1. The molecule has 0 radical (unpaired) electrons. The highest BCUT2D eigenvalue weighted by atomic mass is 16.7. The first-order chi connectivity index (χ1) is 19.8. The Morgan fingerprint density at radius 2 is 1.17 bits per heavy atom. The average molecular weight is 538 g/mol. The van der Waals surface area contributed by atoms with E-state index in [2.05, 4.69) is 129 Å². The number of rotatable bonds is 3. The average Bonchev–Trinajstić information content (AvgIpc) is 3.59. The van der Waals surface area contributed by atoms with Crippen LogP contribution in [0.3, 0.4) is 0 Å². The molecule has 202 valence electrons. The molecular formula is C37H31NO3. The van der Waals surface area contributed by atoms with Gasteiger partial charge < -0.3 is 18.5 Å². The van der Waals surface area contributed by atoms with Crippen LogP contribution in [0.25, 0.3) is 60.6 Å². The van der Waals surface area contributed by atoms with Crippen LogP contribution in [0, 0.1) is 0 Å². The first-order valence-electron chi connectivity index (χ1n) is 14.2. The molecule has 0 saturated carbocycles. The van der Waals surface area contributed by atoms with Gasteiger partial charge in [-0.2, -0.15) is 0 Å². The standard InChI is InChI=1S/C37H31NO3/c1-36(2)37(3,4)41-35(40-36)24-20-23(26-15-11-16-30-29-14-7-10-19-33(29)39-34(26)30)21-25(22-24)38-31-17-8-5-12-27(31)28-13-6-9-18-32(28)38/h5-22,35H,1-4H3. The van der Waals surface area contributed by atoms with E-state index < -0.39 is 17.5 Å². The lowest BCUT2D eigenvalue weighted by atomic mass is 9.90. The van der Waals surface area contributed by atoms with Crippen molar-refractivity contribution >= 4 is 43.7 Å². The molecule has 1 fully saturated rings. The number of hydrogen-bond donors (Lipinski definition) is 0. The molecule has 0 atom stereocenters. The van der Waals surface area contributed by atoms with Crippen molar-refractivity contribution in [2.75, 3.05) is 0 Å². The Bertz CT molecular complexity index is 2060. The summed E-state index contributed by atoms with van der Waals surface area (Å²) < 4.78 is 22.0. The molecule has 0 aliphatic carbocycles. The molecule has 4 nitrogen and oxygen atoms in total. The summed E-state index contributed by atoms with van der Waals surface area (Å²) >= 11 is 0. The third kappa shape index (κ3) is 3.61. The molecule has 0 unspecified atom stereocenters. The van der Waals surface area contributed by atoms with Crippen molar-refractivity contribution in [3.05, 3.63) is 115 Å². The van der Waals surface area contributed by atoms with E-state index in [-0.39, 0.29) is 0 Å². The SMILES string of the molecule is CC1(C)OC(c2cc(-c3cccc4c3oc3ccccc34)cc(-n3c4ccccc4c4ccccc43)c2)OC1(C)C. The Hall–Kier alpha value is -4.38. The molecule has 1 aliphatic heterocycles. The van der Waals surface area contributed by atoms with E-state index in [1.807, 2.05) is 12.1 Å². The maximum absolute atomic E-state index is 6.57. The third-order valence-electron chi connectivity index (χ3n) is 9.02. The minimum Gasteiger partial charge on any atom is -0.455 e. The van der Waals surface area contributed by atoms with Gasteiger partial charge in [-0.3, -0.25) is 0 Å². The zero-order valence-electron chi connectivity index (χ0n) is 23.6. The van der Waals surface area contributed by atoms with E-state index in [1.165, 1.54) is 10.8 Å². The molecule has 5 aromatic carbocycles. The highest BCUT2D eigenvalue weighted by molar-refractivity contribution is 6.11. The van der Waals surface area contributed by atoms with Crippen molar-refractivity contribution in [3.8, 4) is 16.8 Å². The summed E-state index contributed by atoms with van der Waals surface area (Å²) in [4.78, 5) is 0. The second-order valence-corrected chi connectivity index (χ2v) is 12.1. The molecule has 3 heterocycles. The lowest BCUT2D eigenvalue weighted by molar-refractivity contribution is -0.0895. The number of hydrogen-bond acceptors (Lipinski definition) is 3. The van der Waals surface area contributed by atoms with Gasteiger partial charge in [0.25, 0.3) is 0 Å². The van der Waals surface area contributed by atoms with Gasteiger partial charge in [0.15, 0.2) is 6.29 Å². The maximum atomic E-state index is 6.57. The van der Waals surface area contributed by atoms with E-state index in [0.29, 0.717) is 0 Å². The zero-order chi connectivity index (χ0) is 27.9. The first kappa shape index (κ1) is 24.4. The van der Waals surface area contributed by atoms with E-state index in [9.17, 15) is 0 Å². The predicted octanol–water partition coefficient (Wildman–Crippen LogP) is 9.95. The van der Waals surface area contributed by atoms with Gasteiger partial charge in [0.2, 0.25) is 0 Å². The maximum Gasteiger partial charge on any atom is 0.185 e. The van der Waals surface area contributed by atoms with Crippen LogP contribution in [0.5, 0.6) is 0 Å². The van der Waals surface area contributed by atoms with Crippen LogP contribution in [0.2, 0.25) is 0 Å². The monoisotopic (exact) mass is 537 g/mol. The van der Waals surface area contributed by atoms with Crippen molar-refractivity contribution in [2.24, 2.45) is 0 Å². The highest BCUT2D eigenvalue weighted by Crippen LogP contribution is 2.46. The number of nitrogens with zero attached hydrogens (tertiary/aromatic N) is 1. The van der Waals surface area contributed by atoms with Gasteiger partial charge in [-0.1, -0.05) is 72.8 Å². The smallest absolute Gasteiger partial charge is 0.185 e. The van der Waals surface area contributed by atoms with Gasteiger partial charge in [0.1, 0.15) is 11.2 Å². The Kier molecular flexibility index (Phi) is 5.10. The molecule has 2 aromatic heterocycles. The largest absolute Gasteiger partial charge is 0.455 e. The summed E-state index contributed by atoms with van der Waals surface area (Å²) in [5.74, 6) is 0. The van der Waals surface area contributed by atoms with E-state index >= 15 is 0 Å². The zero-order valence-corrected chi connectivity index (χ0v) is 23.6. The topological polar surface area (TPSA) is 36.5 Å². The molecular weight excluding hydrogens is 506 g/mol. The van der Waals surface area contributed by atoms with Gasteiger partial charge >= 0.3 is 0 Å². The molecule has 0 N–H and O–H groups in total. The summed E-state index contributed by atoms with van der Waals surface area (Å²) in [6.45, 7) is 8.39. The Balaban J connectivity index is 1.42. The van der Waals surface area contributed by atoms with Gasteiger partial charge in [-0.05, 0) is 69.7 Å². The quantitative estimate of drug-likeness (QED) is 0.225. The van der Waals surface area contributed by atoms with E-state index in [1.54, 1.807) is 0 Å². The summed E-state index contributed by atoms with van der Waals surface area (Å²) in [7, 11) is 0. The number of fused-ring (bicyclic) bond motifs is 6. The molecule has 4 heteroatoms. The van der Waals surface area contributed by atoms with Crippen molar-refractivity contribution in [1.82, 2.24) is 4.57 Å². The van der Waals surface area contributed by atoms with Gasteiger partial charge in [-0.25, -0.2) is 0 Å². The fourth-order valence-electron chi connectivity index (χ4n) is 6.21. The predicted molar refractivity (Wildman–Crippen MR) is 167 cm³/mol. The first-order valence-corrected chi connectivity index (χ1v) is 14.2. The lowest BCUT2D eigenvalue weighted by Gasteiger charge is -2.30. The van der Waals surface area contributed by atoms with Crippen molar-refractivity contribution in [1.29, 1.82) is 0 Å². The highest BCUT2D eigenvalue weighted by Gasteiger charge is 2.49. The number of ether oxygens (including phenoxy) is 2. The number of furan rings is 1. The van der Waals surface area contributed by atoms with Crippen LogP contribution in [0.4, 0.5) is 0 Å². The van der Waals surface area contributed by atoms with Crippen LogP contribution in [-0.4, -0.2) is 15.8 Å². The molecule has 1 aliphatic rings. The molecule has 41 heavy (non-hydrogen) atoms. The normalized spacial score (nSPS) is 16.9. The van der Waals surface area contributed by atoms with Crippen LogP contribution < -0.4 is 0 Å². The number of para-hydroxylation sites is 4. The minimum atomic E-state index is -0.498. The van der Waals surface area contributed by atoms with Gasteiger partial charge in [-0.15, -0.1) is 0 Å². The minimum absolute atomic E-state index is 0.445. The summed E-state index contributed by atoms with van der Waals surface area (Å²) in [5.41, 5.74) is 7.33. The Morgan fingerprint density at radius 1 is 0.585 bits per heavy atom. The fraction of sp³-hybridized carbons (Fsp3) is 0.189. The van der Waals surface area contributed by atoms with Crippen molar-refractivity contribution in [2.45, 2.75) is 45.2 Å². The molecule has 0 spiro atoms. The molecule has 0 bridgehead atoms. The molecule has 1 saturated heterocycles. The summed E-state index contributed by atoms with van der Waals surface area (Å²) in [6.07, 6.45) is -0.498. The summed E-state index contributed by atoms with van der Waals surface area (Å²) in [5, 5.41) is 4.68. The fourth-order valence-corrected chi connectivity index (χ4v) is 6.21. The van der Waals surface area contributed by atoms with E-state index in [4.69, 9.17) is 13.9 Å². The second kappa shape index (κ2) is 8.56. The number of benzene rings is 5. The molecule has 7 aromatic rings. The van der Waals surface area contributed by atoms with Gasteiger partial charge in [0, 0.05) is 38.4 Å². The van der Waals surface area contributed by atoms with Crippen LogP contribution in [0.1, 0.15) is 39.5 Å².